The standard InChI is InChI=1S/C9H16O2/c1-4-5-7-8(6(2)3)11-9(7)10/h6-8H,4-5H2,1-3H3. The van der Waals surface area contributed by atoms with Crippen molar-refractivity contribution in [2.24, 2.45) is 11.8 Å². The predicted octanol–water partition coefficient (Wildman–Crippen LogP) is 1.98. The molecule has 0 aromatic carbocycles. The van der Waals surface area contributed by atoms with Gasteiger partial charge in [-0.1, -0.05) is 27.2 Å². The van der Waals surface area contributed by atoms with Gasteiger partial charge >= 0.3 is 5.97 Å². The zero-order chi connectivity index (χ0) is 8.43. The maximum absolute atomic E-state index is 10.9. The second-order valence-corrected chi connectivity index (χ2v) is 3.54. The topological polar surface area (TPSA) is 26.3 Å². The van der Waals surface area contributed by atoms with Gasteiger partial charge in [0.1, 0.15) is 6.10 Å². The van der Waals surface area contributed by atoms with Crippen molar-refractivity contribution in [1.29, 1.82) is 0 Å². The molecule has 0 bridgehead atoms. The van der Waals surface area contributed by atoms with Crippen molar-refractivity contribution in [3.63, 3.8) is 0 Å². The number of rotatable bonds is 3. The molecule has 0 aromatic rings. The van der Waals surface area contributed by atoms with Gasteiger partial charge in [0.25, 0.3) is 0 Å². The molecule has 11 heavy (non-hydrogen) atoms. The molecule has 1 aliphatic heterocycles. The van der Waals surface area contributed by atoms with Gasteiger partial charge in [-0.2, -0.15) is 0 Å². The van der Waals surface area contributed by atoms with E-state index in [4.69, 9.17) is 4.74 Å². The Bertz CT molecular complexity index is 152. The number of ether oxygens (including phenoxy) is 1. The SMILES string of the molecule is CCCC1C(=O)OC1C(C)C. The molecular weight excluding hydrogens is 140 g/mol. The summed E-state index contributed by atoms with van der Waals surface area (Å²) in [6.45, 7) is 6.29. The Hall–Kier alpha value is -0.530. The summed E-state index contributed by atoms with van der Waals surface area (Å²) in [6, 6.07) is 0. The van der Waals surface area contributed by atoms with Crippen molar-refractivity contribution >= 4 is 5.97 Å². The van der Waals surface area contributed by atoms with Crippen molar-refractivity contribution in [3.05, 3.63) is 0 Å². The minimum Gasteiger partial charge on any atom is -0.461 e. The van der Waals surface area contributed by atoms with Crippen LogP contribution in [0.2, 0.25) is 0 Å². The van der Waals surface area contributed by atoms with Crippen LogP contribution in [0.5, 0.6) is 0 Å². The van der Waals surface area contributed by atoms with Gasteiger partial charge in [-0.25, -0.2) is 0 Å². The zero-order valence-electron chi connectivity index (χ0n) is 7.46. The van der Waals surface area contributed by atoms with Gasteiger partial charge in [0.2, 0.25) is 0 Å². The van der Waals surface area contributed by atoms with Crippen molar-refractivity contribution in [1.82, 2.24) is 0 Å². The molecule has 2 nitrogen and oxygen atoms in total. The summed E-state index contributed by atoms with van der Waals surface area (Å²) < 4.78 is 5.03. The Kier molecular flexibility index (Phi) is 2.53. The molecule has 0 radical (unpaired) electrons. The average molecular weight is 156 g/mol. The van der Waals surface area contributed by atoms with Crippen LogP contribution in [0, 0.1) is 11.8 Å². The monoisotopic (exact) mass is 156 g/mol. The van der Waals surface area contributed by atoms with Gasteiger partial charge < -0.3 is 4.74 Å². The Balaban J connectivity index is 2.41. The van der Waals surface area contributed by atoms with Crippen LogP contribution in [0.3, 0.4) is 0 Å². The van der Waals surface area contributed by atoms with E-state index in [2.05, 4.69) is 20.8 Å². The number of hydrogen-bond donors (Lipinski definition) is 0. The van der Waals surface area contributed by atoms with E-state index >= 15 is 0 Å². The van der Waals surface area contributed by atoms with Gasteiger partial charge in [0.05, 0.1) is 5.92 Å². The molecule has 0 saturated carbocycles. The lowest BCUT2D eigenvalue weighted by molar-refractivity contribution is -0.190. The van der Waals surface area contributed by atoms with E-state index in [-0.39, 0.29) is 18.0 Å². The highest BCUT2D eigenvalue weighted by Gasteiger charge is 2.42. The van der Waals surface area contributed by atoms with E-state index in [0.29, 0.717) is 5.92 Å². The van der Waals surface area contributed by atoms with Gasteiger partial charge in [0.15, 0.2) is 0 Å². The molecule has 0 aliphatic carbocycles. The first kappa shape index (κ1) is 8.57. The quantitative estimate of drug-likeness (QED) is 0.584. The van der Waals surface area contributed by atoms with Gasteiger partial charge in [-0.3, -0.25) is 4.79 Å². The number of carbonyl (C=O) groups excluding carboxylic acids is 1. The molecule has 1 saturated heterocycles. The highest BCUT2D eigenvalue weighted by Crippen LogP contribution is 2.31. The van der Waals surface area contributed by atoms with Gasteiger partial charge in [0, 0.05) is 0 Å². The Morgan fingerprint density at radius 3 is 2.55 bits per heavy atom. The van der Waals surface area contributed by atoms with Crippen LogP contribution in [0.25, 0.3) is 0 Å². The number of cyclic esters (lactones) is 1. The molecular formula is C9H16O2. The van der Waals surface area contributed by atoms with Crippen molar-refractivity contribution < 1.29 is 9.53 Å². The fraction of sp³-hybridized carbons (Fsp3) is 0.889. The third-order valence-electron chi connectivity index (χ3n) is 2.21. The van der Waals surface area contributed by atoms with E-state index in [1.165, 1.54) is 0 Å². The van der Waals surface area contributed by atoms with Crippen LogP contribution in [0.15, 0.2) is 0 Å². The van der Waals surface area contributed by atoms with Crippen LogP contribution in [-0.2, 0) is 9.53 Å². The summed E-state index contributed by atoms with van der Waals surface area (Å²) in [7, 11) is 0. The number of carbonyl (C=O) groups is 1. The van der Waals surface area contributed by atoms with Crippen LogP contribution < -0.4 is 0 Å². The van der Waals surface area contributed by atoms with E-state index in [1.54, 1.807) is 0 Å². The first-order chi connectivity index (χ1) is 5.16. The molecule has 1 fully saturated rings. The summed E-state index contributed by atoms with van der Waals surface area (Å²) >= 11 is 0. The smallest absolute Gasteiger partial charge is 0.313 e. The minimum absolute atomic E-state index is 0.00514. The van der Waals surface area contributed by atoms with Crippen LogP contribution in [0.1, 0.15) is 33.6 Å². The molecule has 1 rings (SSSR count). The lowest BCUT2D eigenvalue weighted by Crippen LogP contribution is -2.47. The Morgan fingerprint density at radius 2 is 2.18 bits per heavy atom. The van der Waals surface area contributed by atoms with Crippen molar-refractivity contribution in [3.8, 4) is 0 Å². The van der Waals surface area contributed by atoms with Crippen LogP contribution in [0.4, 0.5) is 0 Å². The fourth-order valence-corrected chi connectivity index (χ4v) is 1.56. The summed E-state index contributed by atoms with van der Waals surface area (Å²) in [5.41, 5.74) is 0. The van der Waals surface area contributed by atoms with Gasteiger partial charge in [-0.15, -0.1) is 0 Å². The number of esters is 1. The largest absolute Gasteiger partial charge is 0.461 e. The lowest BCUT2D eigenvalue weighted by atomic mass is 9.85. The van der Waals surface area contributed by atoms with Crippen molar-refractivity contribution in [2.75, 3.05) is 0 Å². The average Bonchev–Trinajstić information content (AvgIpc) is 1.95. The molecule has 0 amide bonds. The molecule has 1 heterocycles. The fourth-order valence-electron chi connectivity index (χ4n) is 1.56. The highest BCUT2D eigenvalue weighted by atomic mass is 16.6. The maximum atomic E-state index is 10.9. The third kappa shape index (κ3) is 1.55. The van der Waals surface area contributed by atoms with E-state index in [1.807, 2.05) is 0 Å². The molecule has 64 valence electrons. The second-order valence-electron chi connectivity index (χ2n) is 3.54. The Labute approximate surface area is 67.9 Å². The maximum Gasteiger partial charge on any atom is 0.313 e. The van der Waals surface area contributed by atoms with Crippen molar-refractivity contribution in [2.45, 2.75) is 39.7 Å². The molecule has 0 aromatic heterocycles. The van der Waals surface area contributed by atoms with Crippen LogP contribution >= 0.6 is 0 Å². The molecule has 0 N–H and O–H groups in total. The third-order valence-corrected chi connectivity index (χ3v) is 2.21. The zero-order valence-corrected chi connectivity index (χ0v) is 7.46. The lowest BCUT2D eigenvalue weighted by Gasteiger charge is -2.37. The molecule has 2 atom stereocenters. The summed E-state index contributed by atoms with van der Waals surface area (Å²) in [5.74, 6) is 0.676. The molecule has 0 spiro atoms. The summed E-state index contributed by atoms with van der Waals surface area (Å²) in [5, 5.41) is 0. The van der Waals surface area contributed by atoms with E-state index < -0.39 is 0 Å². The second kappa shape index (κ2) is 3.24. The molecule has 2 unspecified atom stereocenters. The summed E-state index contributed by atoms with van der Waals surface area (Å²) in [4.78, 5) is 10.9. The van der Waals surface area contributed by atoms with E-state index in [0.717, 1.165) is 12.8 Å². The summed E-state index contributed by atoms with van der Waals surface area (Å²) in [6.07, 6.45) is 2.26. The Morgan fingerprint density at radius 1 is 1.55 bits per heavy atom. The first-order valence-corrected chi connectivity index (χ1v) is 4.37. The van der Waals surface area contributed by atoms with Crippen LogP contribution in [-0.4, -0.2) is 12.1 Å². The van der Waals surface area contributed by atoms with Gasteiger partial charge in [-0.05, 0) is 12.3 Å². The minimum atomic E-state index is 0.00514. The van der Waals surface area contributed by atoms with E-state index in [9.17, 15) is 4.79 Å². The number of hydrogen-bond acceptors (Lipinski definition) is 2. The normalized spacial score (nSPS) is 30.0. The first-order valence-electron chi connectivity index (χ1n) is 4.37. The molecule has 2 heteroatoms. The molecule has 1 aliphatic rings. The predicted molar refractivity (Wildman–Crippen MR) is 43.1 cm³/mol. The highest BCUT2D eigenvalue weighted by molar-refractivity contribution is 5.78.